The molecule has 2 aromatic rings. The van der Waals surface area contributed by atoms with Crippen molar-refractivity contribution >= 4 is 30.7 Å². The van der Waals surface area contributed by atoms with Gasteiger partial charge in [-0.25, -0.2) is 0 Å². The smallest absolute Gasteiger partial charge is 0.255 e. The van der Waals surface area contributed by atoms with E-state index in [1.165, 1.54) is 0 Å². The van der Waals surface area contributed by atoms with Gasteiger partial charge in [0.05, 0.1) is 17.0 Å². The van der Waals surface area contributed by atoms with E-state index in [1.54, 1.807) is 0 Å². The number of pyridine rings is 1. The van der Waals surface area contributed by atoms with Gasteiger partial charge < -0.3 is 10.2 Å². The van der Waals surface area contributed by atoms with Crippen LogP contribution in [0.5, 0.6) is 0 Å². The molecule has 0 bridgehead atoms. The largest absolute Gasteiger partial charge is 0.334 e. The van der Waals surface area contributed by atoms with Gasteiger partial charge >= 0.3 is 0 Å². The van der Waals surface area contributed by atoms with E-state index in [0.29, 0.717) is 6.04 Å². The van der Waals surface area contributed by atoms with Gasteiger partial charge in [0.1, 0.15) is 0 Å². The number of aromatic nitrogens is 1. The van der Waals surface area contributed by atoms with E-state index in [9.17, 15) is 4.79 Å². The number of carbonyl (C=O) groups is 1. The minimum atomic E-state index is 0. The Morgan fingerprint density at radius 3 is 2.50 bits per heavy atom. The molecule has 1 saturated heterocycles. The van der Waals surface area contributed by atoms with E-state index < -0.39 is 0 Å². The molecule has 1 amide bonds. The Kier molecular flexibility index (Phi) is 9.06. The lowest BCUT2D eigenvalue weighted by molar-refractivity contribution is 0.0691. The summed E-state index contributed by atoms with van der Waals surface area (Å²) in [6.45, 7) is 6.72. The SMILES string of the molecule is CCCN(C(=O)c1ccc(-c2ccccc2)nc1C)C1CCNC1.Cl.Cl. The van der Waals surface area contributed by atoms with Crippen LogP contribution in [-0.2, 0) is 0 Å². The lowest BCUT2D eigenvalue weighted by Gasteiger charge is -2.28. The maximum absolute atomic E-state index is 13.0. The highest BCUT2D eigenvalue weighted by atomic mass is 35.5. The molecule has 0 radical (unpaired) electrons. The Morgan fingerprint density at radius 2 is 1.92 bits per heavy atom. The molecule has 1 aliphatic heterocycles. The summed E-state index contributed by atoms with van der Waals surface area (Å²) in [5.74, 6) is 0.107. The molecule has 0 aliphatic carbocycles. The molecule has 1 fully saturated rings. The summed E-state index contributed by atoms with van der Waals surface area (Å²) >= 11 is 0. The lowest BCUT2D eigenvalue weighted by Crippen LogP contribution is -2.42. The van der Waals surface area contributed by atoms with Crippen molar-refractivity contribution in [2.45, 2.75) is 32.7 Å². The number of carbonyl (C=O) groups excluding carboxylic acids is 1. The van der Waals surface area contributed by atoms with Crippen LogP contribution in [0, 0.1) is 6.92 Å². The number of benzene rings is 1. The first kappa shape index (κ1) is 22.4. The highest BCUT2D eigenvalue weighted by Gasteiger charge is 2.27. The lowest BCUT2D eigenvalue weighted by atomic mass is 10.1. The number of nitrogens with zero attached hydrogens (tertiary/aromatic N) is 2. The van der Waals surface area contributed by atoms with Gasteiger partial charge in [-0.3, -0.25) is 9.78 Å². The molecule has 1 N–H and O–H groups in total. The van der Waals surface area contributed by atoms with Gasteiger partial charge in [-0.05, 0) is 38.4 Å². The van der Waals surface area contributed by atoms with Gasteiger partial charge in [-0.2, -0.15) is 0 Å². The first-order valence-electron chi connectivity index (χ1n) is 8.75. The summed E-state index contributed by atoms with van der Waals surface area (Å²) in [6.07, 6.45) is 2.00. The third kappa shape index (κ3) is 4.97. The average molecular weight is 396 g/mol. The molecule has 26 heavy (non-hydrogen) atoms. The Balaban J connectivity index is 0.00000169. The zero-order valence-electron chi connectivity index (χ0n) is 15.3. The molecule has 0 saturated carbocycles. The van der Waals surface area contributed by atoms with E-state index in [-0.39, 0.29) is 30.7 Å². The third-order valence-corrected chi connectivity index (χ3v) is 4.59. The van der Waals surface area contributed by atoms with Crippen LogP contribution in [0.15, 0.2) is 42.5 Å². The molecule has 6 heteroatoms. The van der Waals surface area contributed by atoms with Crippen molar-refractivity contribution in [2.24, 2.45) is 0 Å². The molecule has 3 rings (SSSR count). The zero-order valence-corrected chi connectivity index (χ0v) is 16.9. The Morgan fingerprint density at radius 1 is 1.19 bits per heavy atom. The van der Waals surface area contributed by atoms with Crippen LogP contribution < -0.4 is 5.32 Å². The highest BCUT2D eigenvalue weighted by Crippen LogP contribution is 2.21. The zero-order chi connectivity index (χ0) is 16.9. The summed E-state index contributed by atoms with van der Waals surface area (Å²) in [7, 11) is 0. The number of hydrogen-bond acceptors (Lipinski definition) is 3. The molecular weight excluding hydrogens is 369 g/mol. The second-order valence-corrected chi connectivity index (χ2v) is 6.34. The first-order valence-corrected chi connectivity index (χ1v) is 8.75. The molecule has 1 aliphatic rings. The Hall–Kier alpha value is -1.62. The number of aryl methyl sites for hydroxylation is 1. The van der Waals surface area contributed by atoms with Crippen molar-refractivity contribution in [1.29, 1.82) is 0 Å². The van der Waals surface area contributed by atoms with Crippen molar-refractivity contribution in [3.05, 3.63) is 53.7 Å². The van der Waals surface area contributed by atoms with Crippen molar-refractivity contribution in [2.75, 3.05) is 19.6 Å². The average Bonchev–Trinajstić information content (AvgIpc) is 3.14. The van der Waals surface area contributed by atoms with Gasteiger partial charge in [0, 0.05) is 24.7 Å². The van der Waals surface area contributed by atoms with Crippen molar-refractivity contribution in [1.82, 2.24) is 15.2 Å². The van der Waals surface area contributed by atoms with Crippen LogP contribution in [0.4, 0.5) is 0 Å². The molecule has 1 unspecified atom stereocenters. The van der Waals surface area contributed by atoms with Gasteiger partial charge in [-0.15, -0.1) is 24.8 Å². The van der Waals surface area contributed by atoms with Crippen molar-refractivity contribution in [3.8, 4) is 11.3 Å². The fourth-order valence-corrected chi connectivity index (χ4v) is 3.31. The predicted molar refractivity (Wildman–Crippen MR) is 112 cm³/mol. The Bertz CT molecular complexity index is 703. The summed E-state index contributed by atoms with van der Waals surface area (Å²) < 4.78 is 0. The third-order valence-electron chi connectivity index (χ3n) is 4.59. The van der Waals surface area contributed by atoms with Crippen molar-refractivity contribution in [3.63, 3.8) is 0 Å². The molecule has 4 nitrogen and oxygen atoms in total. The minimum Gasteiger partial charge on any atom is -0.334 e. The maximum atomic E-state index is 13.0. The van der Waals surface area contributed by atoms with E-state index in [2.05, 4.69) is 17.2 Å². The fourth-order valence-electron chi connectivity index (χ4n) is 3.31. The van der Waals surface area contributed by atoms with Gasteiger partial charge in [0.25, 0.3) is 5.91 Å². The number of rotatable bonds is 5. The fraction of sp³-hybridized carbons (Fsp3) is 0.400. The topological polar surface area (TPSA) is 45.2 Å². The summed E-state index contributed by atoms with van der Waals surface area (Å²) in [5.41, 5.74) is 3.50. The van der Waals surface area contributed by atoms with Crippen LogP contribution in [-0.4, -0.2) is 41.5 Å². The van der Waals surface area contributed by atoms with Crippen LogP contribution in [0.2, 0.25) is 0 Å². The molecule has 1 aromatic heterocycles. The molecule has 0 spiro atoms. The number of amides is 1. The number of nitrogens with one attached hydrogen (secondary N) is 1. The van der Waals surface area contributed by atoms with Gasteiger partial charge in [0.15, 0.2) is 0 Å². The maximum Gasteiger partial charge on any atom is 0.255 e. The first-order chi connectivity index (χ1) is 11.7. The second kappa shape index (κ2) is 10.5. The minimum absolute atomic E-state index is 0. The molecule has 2 heterocycles. The van der Waals surface area contributed by atoms with Crippen LogP contribution in [0.1, 0.15) is 35.8 Å². The molecular formula is C20H27Cl2N3O. The molecule has 1 atom stereocenters. The highest BCUT2D eigenvalue weighted by molar-refractivity contribution is 5.95. The van der Waals surface area contributed by atoms with Crippen LogP contribution >= 0.6 is 24.8 Å². The monoisotopic (exact) mass is 395 g/mol. The predicted octanol–water partition coefficient (Wildman–Crippen LogP) is 4.11. The van der Waals surface area contributed by atoms with E-state index >= 15 is 0 Å². The van der Waals surface area contributed by atoms with Crippen LogP contribution in [0.25, 0.3) is 11.3 Å². The summed E-state index contributed by atoms with van der Waals surface area (Å²) in [6, 6.07) is 14.2. The van der Waals surface area contributed by atoms with Crippen molar-refractivity contribution < 1.29 is 4.79 Å². The second-order valence-electron chi connectivity index (χ2n) is 6.34. The normalized spacial score (nSPS) is 15.7. The summed E-state index contributed by atoms with van der Waals surface area (Å²) in [5, 5.41) is 3.35. The van der Waals surface area contributed by atoms with E-state index in [4.69, 9.17) is 0 Å². The van der Waals surface area contributed by atoms with E-state index in [1.807, 2.05) is 54.3 Å². The summed E-state index contributed by atoms with van der Waals surface area (Å²) in [4.78, 5) is 19.7. The van der Waals surface area contributed by atoms with Gasteiger partial charge in [-0.1, -0.05) is 37.3 Å². The molecule has 142 valence electrons. The quantitative estimate of drug-likeness (QED) is 0.827. The number of hydrogen-bond donors (Lipinski definition) is 1. The van der Waals surface area contributed by atoms with Crippen LogP contribution in [0.3, 0.4) is 0 Å². The molecule has 1 aromatic carbocycles. The number of halogens is 2. The van der Waals surface area contributed by atoms with E-state index in [0.717, 1.165) is 55.0 Å². The van der Waals surface area contributed by atoms with Gasteiger partial charge in [0.2, 0.25) is 0 Å². The standard InChI is InChI=1S/C20H25N3O.2ClH/c1-3-13-23(17-11-12-21-14-17)20(24)18-9-10-19(22-15(18)2)16-7-5-4-6-8-16;;/h4-10,17,21H,3,11-14H2,1-2H3;2*1H. The Labute approximate surface area is 168 Å².